The predicted molar refractivity (Wildman–Crippen MR) is 175 cm³/mol. The van der Waals surface area contributed by atoms with Crippen molar-refractivity contribution in [2.45, 2.75) is 94.0 Å². The average molecular weight is 642 g/mol. The van der Waals surface area contributed by atoms with E-state index in [0.29, 0.717) is 6.61 Å². The van der Waals surface area contributed by atoms with Gasteiger partial charge in [0.05, 0.1) is 26.8 Å². The minimum absolute atomic E-state index is 0.0824. The Morgan fingerprint density at radius 2 is 1.60 bits per heavy atom. The van der Waals surface area contributed by atoms with Crippen LogP contribution in [0.1, 0.15) is 74.5 Å². The molecule has 9 heteroatoms. The van der Waals surface area contributed by atoms with E-state index in [1.807, 2.05) is 39.9 Å². The van der Waals surface area contributed by atoms with Gasteiger partial charge < -0.3 is 14.4 Å². The van der Waals surface area contributed by atoms with Crippen LogP contribution in [0.15, 0.2) is 47.4 Å². The van der Waals surface area contributed by atoms with Crippen LogP contribution in [0.5, 0.6) is 5.75 Å². The van der Waals surface area contributed by atoms with Crippen LogP contribution in [0, 0.1) is 19.3 Å². The number of carbonyl (C=O) groups excluding carboxylic acids is 1. The Labute approximate surface area is 271 Å². The molecule has 2 aromatic carbocycles. The number of hydrogen-bond donors (Lipinski definition) is 0. The monoisotopic (exact) mass is 641 g/mol. The van der Waals surface area contributed by atoms with Crippen molar-refractivity contribution >= 4 is 17.9 Å². The SMILES string of the molecule is COc1cc(C)c(SN2CCCCC2COCC(=O)N2CCC3(CC2)CCC(c2ccccc2)(N2CC(F)(F)C2)CC3)c(C)c1. The summed E-state index contributed by atoms with van der Waals surface area (Å²) in [4.78, 5) is 18.5. The molecule has 246 valence electrons. The molecule has 1 amide bonds. The summed E-state index contributed by atoms with van der Waals surface area (Å²) in [6, 6.07) is 14.7. The molecule has 1 spiro atoms. The smallest absolute Gasteiger partial charge is 0.273 e. The lowest BCUT2D eigenvalue weighted by molar-refractivity contribution is -0.186. The van der Waals surface area contributed by atoms with E-state index in [-0.39, 0.29) is 42.6 Å². The first-order chi connectivity index (χ1) is 21.6. The lowest BCUT2D eigenvalue weighted by Crippen LogP contribution is -2.65. The van der Waals surface area contributed by atoms with Crippen molar-refractivity contribution in [3.05, 3.63) is 59.2 Å². The fraction of sp³-hybridized carbons (Fsp3) is 0.639. The van der Waals surface area contributed by atoms with Gasteiger partial charge in [-0.3, -0.25) is 9.69 Å². The van der Waals surface area contributed by atoms with Crippen LogP contribution < -0.4 is 4.74 Å². The van der Waals surface area contributed by atoms with Gasteiger partial charge in [-0.15, -0.1) is 0 Å². The van der Waals surface area contributed by atoms with E-state index in [1.165, 1.54) is 34.4 Å². The second-order valence-corrected chi connectivity index (χ2v) is 15.0. The molecule has 1 unspecified atom stereocenters. The van der Waals surface area contributed by atoms with E-state index >= 15 is 0 Å². The van der Waals surface area contributed by atoms with Gasteiger partial charge in [0.2, 0.25) is 5.91 Å². The fourth-order valence-electron chi connectivity index (χ4n) is 8.20. The largest absolute Gasteiger partial charge is 0.497 e. The molecule has 6 rings (SSSR count). The summed E-state index contributed by atoms with van der Waals surface area (Å²) < 4.78 is 41.9. The highest BCUT2D eigenvalue weighted by atomic mass is 32.2. The highest BCUT2D eigenvalue weighted by Gasteiger charge is 2.56. The number of piperidine rings is 2. The maximum atomic E-state index is 14.0. The predicted octanol–water partition coefficient (Wildman–Crippen LogP) is 7.22. The molecule has 0 aromatic heterocycles. The Balaban J connectivity index is 0.985. The Hall–Kier alpha value is -2.20. The van der Waals surface area contributed by atoms with Gasteiger partial charge in [-0.1, -0.05) is 36.8 Å². The van der Waals surface area contributed by atoms with Gasteiger partial charge in [-0.05, 0) is 111 Å². The Morgan fingerprint density at radius 1 is 0.933 bits per heavy atom. The summed E-state index contributed by atoms with van der Waals surface area (Å²) in [5.41, 5.74) is 3.49. The van der Waals surface area contributed by atoms with Crippen molar-refractivity contribution in [3.63, 3.8) is 0 Å². The molecule has 3 heterocycles. The number of ether oxygens (including phenoxy) is 2. The van der Waals surface area contributed by atoms with Crippen LogP contribution in [0.25, 0.3) is 0 Å². The third-order valence-corrected chi connectivity index (χ3v) is 12.6. The van der Waals surface area contributed by atoms with Crippen molar-refractivity contribution in [3.8, 4) is 5.75 Å². The summed E-state index contributed by atoms with van der Waals surface area (Å²) in [5, 5.41) is 0. The zero-order chi connectivity index (χ0) is 31.7. The molecule has 0 bridgehead atoms. The number of amides is 1. The van der Waals surface area contributed by atoms with Crippen molar-refractivity contribution < 1.29 is 23.0 Å². The Bertz CT molecular complexity index is 1290. The highest BCUT2D eigenvalue weighted by Crippen LogP contribution is 2.55. The molecule has 1 saturated carbocycles. The fourth-order valence-corrected chi connectivity index (χ4v) is 9.38. The van der Waals surface area contributed by atoms with Crippen molar-refractivity contribution in [1.29, 1.82) is 0 Å². The number of halogens is 2. The Morgan fingerprint density at radius 3 is 2.22 bits per heavy atom. The maximum absolute atomic E-state index is 14.0. The van der Waals surface area contributed by atoms with E-state index in [2.05, 4.69) is 42.4 Å². The van der Waals surface area contributed by atoms with Gasteiger partial charge in [-0.25, -0.2) is 13.1 Å². The summed E-state index contributed by atoms with van der Waals surface area (Å²) >= 11 is 1.81. The third-order valence-electron chi connectivity index (χ3n) is 11.1. The van der Waals surface area contributed by atoms with Gasteiger partial charge in [0, 0.05) is 36.1 Å². The molecule has 45 heavy (non-hydrogen) atoms. The van der Waals surface area contributed by atoms with Crippen LogP contribution >= 0.6 is 11.9 Å². The number of likely N-dealkylation sites (tertiary alicyclic amines) is 2. The normalized spacial score (nSPS) is 24.7. The second-order valence-electron chi connectivity index (χ2n) is 14.0. The number of benzene rings is 2. The second kappa shape index (κ2) is 13.5. The van der Waals surface area contributed by atoms with Crippen LogP contribution in [-0.4, -0.2) is 85.0 Å². The molecule has 3 aliphatic heterocycles. The van der Waals surface area contributed by atoms with Gasteiger partial charge in [0.25, 0.3) is 5.92 Å². The molecule has 4 fully saturated rings. The number of nitrogens with zero attached hydrogens (tertiary/aromatic N) is 3. The summed E-state index contributed by atoms with van der Waals surface area (Å²) in [6.07, 6.45) is 9.21. The van der Waals surface area contributed by atoms with E-state index in [4.69, 9.17) is 9.47 Å². The van der Waals surface area contributed by atoms with Gasteiger partial charge in [0.1, 0.15) is 12.4 Å². The zero-order valence-electron chi connectivity index (χ0n) is 27.2. The minimum atomic E-state index is -2.58. The zero-order valence-corrected chi connectivity index (χ0v) is 28.0. The van der Waals surface area contributed by atoms with E-state index in [0.717, 1.165) is 70.3 Å². The lowest BCUT2D eigenvalue weighted by Gasteiger charge is -2.57. The number of rotatable bonds is 9. The van der Waals surface area contributed by atoms with E-state index in [9.17, 15) is 13.6 Å². The minimum Gasteiger partial charge on any atom is -0.497 e. The Kier molecular flexibility index (Phi) is 9.82. The summed E-state index contributed by atoms with van der Waals surface area (Å²) in [6.45, 7) is 7.19. The number of hydrogen-bond acceptors (Lipinski definition) is 6. The van der Waals surface area contributed by atoms with Gasteiger partial charge in [-0.2, -0.15) is 0 Å². The topological polar surface area (TPSA) is 45.3 Å². The molecule has 4 aliphatic rings. The van der Waals surface area contributed by atoms with E-state index < -0.39 is 5.92 Å². The van der Waals surface area contributed by atoms with Crippen molar-refractivity contribution in [2.24, 2.45) is 5.41 Å². The quantitative estimate of drug-likeness (QED) is 0.270. The van der Waals surface area contributed by atoms with Crippen molar-refractivity contribution in [1.82, 2.24) is 14.1 Å². The van der Waals surface area contributed by atoms with Crippen LogP contribution in [-0.2, 0) is 15.1 Å². The number of alkyl halides is 2. The third kappa shape index (κ3) is 7.07. The standard InChI is InChI=1S/C36H49F2N3O3S/c1-27-21-31(43-3)22-28(2)33(27)45-41-18-8-7-11-30(41)23-44-24-32(42)39-19-16-34(17-20-39)12-14-35(15-13-34,29-9-5-4-6-10-29)40-25-36(37,38)26-40/h4-6,9-10,21-22,30H,7-8,11-20,23-26H2,1-3H3. The van der Waals surface area contributed by atoms with Gasteiger partial charge >= 0.3 is 0 Å². The molecular formula is C36H49F2N3O3S. The molecule has 3 saturated heterocycles. The summed E-state index contributed by atoms with van der Waals surface area (Å²) in [7, 11) is 1.70. The average Bonchev–Trinajstić information content (AvgIpc) is 3.03. The molecule has 6 nitrogen and oxygen atoms in total. The molecule has 0 N–H and O–H groups in total. The molecular weight excluding hydrogens is 592 g/mol. The summed E-state index contributed by atoms with van der Waals surface area (Å²) in [5.74, 6) is -1.61. The first-order valence-corrected chi connectivity index (χ1v) is 17.5. The van der Waals surface area contributed by atoms with Crippen LogP contribution in [0.2, 0.25) is 0 Å². The van der Waals surface area contributed by atoms with E-state index in [1.54, 1.807) is 7.11 Å². The first kappa shape index (κ1) is 32.7. The molecule has 1 aliphatic carbocycles. The van der Waals surface area contributed by atoms with Crippen LogP contribution in [0.4, 0.5) is 8.78 Å². The first-order valence-electron chi connectivity index (χ1n) is 16.8. The van der Waals surface area contributed by atoms with Gasteiger partial charge in [0.15, 0.2) is 0 Å². The maximum Gasteiger partial charge on any atom is 0.273 e. The van der Waals surface area contributed by atoms with Crippen LogP contribution in [0.3, 0.4) is 0 Å². The molecule has 2 aromatic rings. The molecule has 0 radical (unpaired) electrons. The highest BCUT2D eigenvalue weighted by molar-refractivity contribution is 7.97. The number of methoxy groups -OCH3 is 1. The lowest BCUT2D eigenvalue weighted by atomic mass is 9.60. The number of carbonyl (C=O) groups is 1. The van der Waals surface area contributed by atoms with Crippen molar-refractivity contribution in [2.75, 3.05) is 53.0 Å². The molecule has 1 atom stereocenters. The number of aryl methyl sites for hydroxylation is 2.